The summed E-state index contributed by atoms with van der Waals surface area (Å²) < 4.78 is 0. The molecule has 0 radical (unpaired) electrons. The Labute approximate surface area is 123 Å². The molecule has 1 aromatic carbocycles. The van der Waals surface area contributed by atoms with Gasteiger partial charge in [-0.05, 0) is 69.7 Å². The first kappa shape index (κ1) is 14.1. The molecule has 2 aliphatic rings. The van der Waals surface area contributed by atoms with Gasteiger partial charge in [0, 0.05) is 18.6 Å². The van der Waals surface area contributed by atoms with Gasteiger partial charge in [0.2, 0.25) is 0 Å². The highest BCUT2D eigenvalue weighted by molar-refractivity contribution is 5.26. The van der Waals surface area contributed by atoms with E-state index >= 15 is 0 Å². The molecule has 110 valence electrons. The number of rotatable bonds is 6. The Morgan fingerprint density at radius 1 is 1.25 bits per heavy atom. The van der Waals surface area contributed by atoms with Gasteiger partial charge in [0.05, 0.1) is 0 Å². The van der Waals surface area contributed by atoms with Gasteiger partial charge in [-0.2, -0.15) is 0 Å². The van der Waals surface area contributed by atoms with Crippen molar-refractivity contribution in [3.8, 4) is 0 Å². The predicted octanol–water partition coefficient (Wildman–Crippen LogP) is 3.00. The van der Waals surface area contributed by atoms with Crippen molar-refractivity contribution in [2.24, 2.45) is 5.92 Å². The van der Waals surface area contributed by atoms with Crippen molar-refractivity contribution in [2.75, 3.05) is 19.6 Å². The second-order valence-corrected chi connectivity index (χ2v) is 6.82. The fourth-order valence-electron chi connectivity index (χ4n) is 3.41. The zero-order valence-electron chi connectivity index (χ0n) is 12.9. The third-order valence-electron chi connectivity index (χ3n) is 4.92. The molecule has 0 unspecified atom stereocenters. The molecule has 2 heteroatoms. The van der Waals surface area contributed by atoms with Crippen LogP contribution in [0.1, 0.15) is 37.3 Å². The highest BCUT2D eigenvalue weighted by Crippen LogP contribution is 2.31. The number of benzene rings is 1. The van der Waals surface area contributed by atoms with E-state index in [2.05, 4.69) is 48.3 Å². The van der Waals surface area contributed by atoms with Crippen molar-refractivity contribution in [3.63, 3.8) is 0 Å². The van der Waals surface area contributed by atoms with Gasteiger partial charge in [0.1, 0.15) is 0 Å². The number of aryl methyl sites for hydroxylation is 1. The monoisotopic (exact) mass is 272 g/mol. The molecule has 1 aliphatic heterocycles. The van der Waals surface area contributed by atoms with E-state index in [0.717, 1.165) is 18.4 Å². The number of hydrogen-bond donors (Lipinski definition) is 1. The Morgan fingerprint density at radius 2 is 2.05 bits per heavy atom. The number of nitrogens with one attached hydrogen (secondary N) is 1. The fourth-order valence-corrected chi connectivity index (χ4v) is 3.41. The molecule has 1 aromatic rings. The summed E-state index contributed by atoms with van der Waals surface area (Å²) >= 11 is 0. The van der Waals surface area contributed by atoms with Gasteiger partial charge >= 0.3 is 0 Å². The van der Waals surface area contributed by atoms with Gasteiger partial charge in [-0.15, -0.1) is 0 Å². The third-order valence-corrected chi connectivity index (χ3v) is 4.92. The lowest BCUT2D eigenvalue weighted by Gasteiger charge is -2.19. The minimum Gasteiger partial charge on any atom is -0.314 e. The Bertz CT molecular complexity index is 439. The molecular formula is C18H28N2. The first-order chi connectivity index (χ1) is 9.72. The average Bonchev–Trinajstić information content (AvgIpc) is 3.18. The van der Waals surface area contributed by atoms with Crippen molar-refractivity contribution in [2.45, 2.75) is 51.6 Å². The van der Waals surface area contributed by atoms with E-state index in [1.807, 2.05) is 0 Å². The van der Waals surface area contributed by atoms with Crippen LogP contribution in [0.15, 0.2) is 24.3 Å². The molecule has 1 saturated carbocycles. The fraction of sp³-hybridized carbons (Fsp3) is 0.667. The van der Waals surface area contributed by atoms with Crippen molar-refractivity contribution in [1.29, 1.82) is 0 Å². The quantitative estimate of drug-likeness (QED) is 0.856. The summed E-state index contributed by atoms with van der Waals surface area (Å²) in [6.07, 6.45) is 5.43. The largest absolute Gasteiger partial charge is 0.314 e. The van der Waals surface area contributed by atoms with Gasteiger partial charge in [-0.25, -0.2) is 0 Å². The lowest BCUT2D eigenvalue weighted by molar-refractivity contribution is 0.309. The number of likely N-dealkylation sites (tertiary alicyclic amines) is 1. The minimum absolute atomic E-state index is 0.575. The van der Waals surface area contributed by atoms with E-state index in [1.54, 1.807) is 0 Å². The van der Waals surface area contributed by atoms with E-state index in [4.69, 9.17) is 0 Å². The zero-order chi connectivity index (χ0) is 13.9. The van der Waals surface area contributed by atoms with Crippen LogP contribution in [-0.2, 0) is 6.42 Å². The molecule has 0 aromatic heterocycles. The summed E-state index contributed by atoms with van der Waals surface area (Å²) in [5, 5.41) is 3.75. The van der Waals surface area contributed by atoms with Crippen molar-refractivity contribution >= 4 is 0 Å². The molecule has 0 spiro atoms. The summed E-state index contributed by atoms with van der Waals surface area (Å²) in [6.45, 7) is 8.39. The second-order valence-electron chi connectivity index (χ2n) is 6.82. The van der Waals surface area contributed by atoms with Gasteiger partial charge in [-0.1, -0.05) is 24.3 Å². The highest BCUT2D eigenvalue weighted by atomic mass is 15.2. The summed E-state index contributed by atoms with van der Waals surface area (Å²) in [5.41, 5.74) is 2.90. The number of nitrogens with zero attached hydrogens (tertiary/aromatic N) is 1. The molecule has 1 saturated heterocycles. The zero-order valence-corrected chi connectivity index (χ0v) is 12.9. The Hall–Kier alpha value is -0.860. The molecule has 2 atom stereocenters. The number of hydrogen-bond acceptors (Lipinski definition) is 2. The van der Waals surface area contributed by atoms with Crippen LogP contribution < -0.4 is 5.32 Å². The molecule has 2 nitrogen and oxygen atoms in total. The Kier molecular flexibility index (Phi) is 4.42. The van der Waals surface area contributed by atoms with Gasteiger partial charge in [0.25, 0.3) is 0 Å². The molecule has 3 rings (SSSR count). The SMILES string of the molecule is Cc1ccccc1C[C@H](C)NC[C@@H]1CCN(C2CC2)C1. The summed E-state index contributed by atoms with van der Waals surface area (Å²) in [5.74, 6) is 0.870. The second kappa shape index (κ2) is 6.28. The first-order valence-corrected chi connectivity index (χ1v) is 8.24. The van der Waals surface area contributed by atoms with Crippen molar-refractivity contribution in [3.05, 3.63) is 35.4 Å². The van der Waals surface area contributed by atoms with Crippen LogP contribution in [0.25, 0.3) is 0 Å². The van der Waals surface area contributed by atoms with Gasteiger partial charge in [-0.3, -0.25) is 0 Å². The maximum atomic E-state index is 3.75. The maximum absolute atomic E-state index is 3.75. The first-order valence-electron chi connectivity index (χ1n) is 8.24. The molecule has 0 bridgehead atoms. The van der Waals surface area contributed by atoms with Crippen LogP contribution in [0, 0.1) is 12.8 Å². The van der Waals surface area contributed by atoms with Crippen LogP contribution in [0.4, 0.5) is 0 Å². The van der Waals surface area contributed by atoms with Crippen LogP contribution in [0.3, 0.4) is 0 Å². The summed E-state index contributed by atoms with van der Waals surface area (Å²) in [4.78, 5) is 2.71. The molecule has 1 heterocycles. The van der Waals surface area contributed by atoms with Crippen molar-refractivity contribution in [1.82, 2.24) is 10.2 Å². The standard InChI is InChI=1S/C18H28N2/c1-14-5-3-4-6-17(14)11-15(2)19-12-16-9-10-20(13-16)18-7-8-18/h3-6,15-16,18-19H,7-13H2,1-2H3/t15-,16-/m0/s1. The van der Waals surface area contributed by atoms with Crippen LogP contribution in [0.5, 0.6) is 0 Å². The van der Waals surface area contributed by atoms with Crippen LogP contribution >= 0.6 is 0 Å². The lowest BCUT2D eigenvalue weighted by Crippen LogP contribution is -2.34. The van der Waals surface area contributed by atoms with E-state index in [-0.39, 0.29) is 0 Å². The molecule has 0 amide bonds. The topological polar surface area (TPSA) is 15.3 Å². The molecule has 1 aliphatic carbocycles. The van der Waals surface area contributed by atoms with E-state index in [9.17, 15) is 0 Å². The molecule has 2 fully saturated rings. The maximum Gasteiger partial charge on any atom is 0.00965 e. The Morgan fingerprint density at radius 3 is 2.80 bits per heavy atom. The smallest absolute Gasteiger partial charge is 0.00965 e. The molecule has 20 heavy (non-hydrogen) atoms. The van der Waals surface area contributed by atoms with Crippen molar-refractivity contribution < 1.29 is 0 Å². The minimum atomic E-state index is 0.575. The average molecular weight is 272 g/mol. The lowest BCUT2D eigenvalue weighted by atomic mass is 10.0. The van der Waals surface area contributed by atoms with Gasteiger partial charge < -0.3 is 10.2 Å². The van der Waals surface area contributed by atoms with Gasteiger partial charge in [0.15, 0.2) is 0 Å². The summed E-state index contributed by atoms with van der Waals surface area (Å²) in [6, 6.07) is 10.3. The summed E-state index contributed by atoms with van der Waals surface area (Å²) in [7, 11) is 0. The third kappa shape index (κ3) is 3.62. The molecule has 1 N–H and O–H groups in total. The van der Waals surface area contributed by atoms with E-state index in [0.29, 0.717) is 6.04 Å². The molecular weight excluding hydrogens is 244 g/mol. The van der Waals surface area contributed by atoms with Crippen LogP contribution in [-0.4, -0.2) is 36.6 Å². The van der Waals surface area contributed by atoms with E-state index < -0.39 is 0 Å². The Balaban J connectivity index is 1.41. The normalized spacial score (nSPS) is 25.0. The predicted molar refractivity (Wildman–Crippen MR) is 85.0 cm³/mol. The van der Waals surface area contributed by atoms with Crippen LogP contribution in [0.2, 0.25) is 0 Å². The van der Waals surface area contributed by atoms with E-state index in [1.165, 1.54) is 50.0 Å². The highest BCUT2D eigenvalue weighted by Gasteiger charge is 2.34.